The zero-order valence-corrected chi connectivity index (χ0v) is 14.5. The third-order valence-electron chi connectivity index (χ3n) is 7.56. The third-order valence-corrected chi connectivity index (χ3v) is 7.56. The van der Waals surface area contributed by atoms with Crippen LogP contribution in [0.1, 0.15) is 62.8 Å². The summed E-state index contributed by atoms with van der Waals surface area (Å²) < 4.78 is 7.87. The van der Waals surface area contributed by atoms with Crippen LogP contribution >= 0.6 is 0 Å². The molecule has 1 aromatic heterocycles. The standard InChI is InChI=1S/C20H25NO3/c1-12-6-5-8-16(21(12)23)15-10-13-14-7-3-4-9-20(14)11-17(22)18(13)19(15,2)24-20/h5-6,8,13-15,18H,3-4,7,9-11H2,1-2H3/t13-,14?,15+,18-,19?,20?/m0/s1. The molecule has 6 rings (SSSR count). The van der Waals surface area contributed by atoms with Crippen LogP contribution in [0.15, 0.2) is 18.2 Å². The van der Waals surface area contributed by atoms with E-state index in [1.165, 1.54) is 12.8 Å². The van der Waals surface area contributed by atoms with E-state index in [4.69, 9.17) is 4.74 Å². The van der Waals surface area contributed by atoms with Crippen molar-refractivity contribution in [1.29, 1.82) is 0 Å². The van der Waals surface area contributed by atoms with Crippen LogP contribution in [0.5, 0.6) is 0 Å². The lowest BCUT2D eigenvalue weighted by molar-refractivity contribution is -0.623. The van der Waals surface area contributed by atoms with Gasteiger partial charge in [-0.1, -0.05) is 12.8 Å². The molecule has 24 heavy (non-hydrogen) atoms. The number of hydrogen-bond donors (Lipinski definition) is 0. The number of ether oxygens (including phenoxy) is 1. The molecule has 2 saturated heterocycles. The fourth-order valence-electron chi connectivity index (χ4n) is 6.74. The smallest absolute Gasteiger partial charge is 0.199 e. The zero-order chi connectivity index (χ0) is 16.7. The number of ketones is 1. The Bertz CT molecular complexity index is 732. The normalized spacial score (nSPS) is 46.2. The number of nitrogens with zero attached hydrogens (tertiary/aromatic N) is 1. The number of carbonyl (C=O) groups excluding carboxylic acids is 1. The number of aromatic nitrogens is 1. The van der Waals surface area contributed by atoms with Gasteiger partial charge in [-0.3, -0.25) is 4.79 Å². The molecule has 0 aromatic carbocycles. The van der Waals surface area contributed by atoms with E-state index in [1.54, 1.807) is 0 Å². The molecule has 3 heterocycles. The Morgan fingerprint density at radius 1 is 1.33 bits per heavy atom. The number of aryl methyl sites for hydroxylation is 1. The molecule has 5 aliphatic rings. The molecule has 0 amide bonds. The second-order valence-electron chi connectivity index (χ2n) is 8.66. The van der Waals surface area contributed by atoms with E-state index in [1.807, 2.05) is 25.1 Å². The molecular weight excluding hydrogens is 302 g/mol. The maximum Gasteiger partial charge on any atom is 0.199 e. The van der Waals surface area contributed by atoms with Crippen molar-refractivity contribution < 1.29 is 14.3 Å². The minimum Gasteiger partial charge on any atom is -0.618 e. The summed E-state index contributed by atoms with van der Waals surface area (Å²) in [6.45, 7) is 3.95. The highest BCUT2D eigenvalue weighted by atomic mass is 16.5. The van der Waals surface area contributed by atoms with Crippen LogP contribution in [0.3, 0.4) is 0 Å². The first kappa shape index (κ1) is 14.9. The Hall–Kier alpha value is -1.42. The molecule has 0 N–H and O–H groups in total. The van der Waals surface area contributed by atoms with Crippen molar-refractivity contribution in [1.82, 2.24) is 0 Å². The van der Waals surface area contributed by atoms with Gasteiger partial charge in [0.25, 0.3) is 0 Å². The highest BCUT2D eigenvalue weighted by molar-refractivity contribution is 5.86. The van der Waals surface area contributed by atoms with Gasteiger partial charge in [0.1, 0.15) is 5.78 Å². The first-order valence-electron chi connectivity index (χ1n) is 9.38. The number of Topliss-reactive ketones (excluding diaryl/α,β-unsaturated/α-hetero) is 1. The van der Waals surface area contributed by atoms with Gasteiger partial charge in [-0.2, -0.15) is 4.73 Å². The lowest BCUT2D eigenvalue weighted by atomic mass is 9.55. The lowest BCUT2D eigenvalue weighted by Gasteiger charge is -2.60. The third kappa shape index (κ3) is 1.63. The second-order valence-corrected chi connectivity index (χ2v) is 8.66. The molecule has 6 atom stereocenters. The van der Waals surface area contributed by atoms with Crippen LogP contribution in [0.2, 0.25) is 0 Å². The zero-order valence-electron chi connectivity index (χ0n) is 14.5. The summed E-state index contributed by atoms with van der Waals surface area (Å²) in [5.41, 5.74) is 0.752. The molecule has 1 spiro atoms. The fourth-order valence-corrected chi connectivity index (χ4v) is 6.74. The van der Waals surface area contributed by atoms with Gasteiger partial charge in [0.15, 0.2) is 11.4 Å². The molecule has 0 radical (unpaired) electrons. The van der Waals surface area contributed by atoms with Crippen molar-refractivity contribution in [3.63, 3.8) is 0 Å². The van der Waals surface area contributed by atoms with Gasteiger partial charge < -0.3 is 9.94 Å². The van der Waals surface area contributed by atoms with Crippen molar-refractivity contribution in [2.75, 3.05) is 0 Å². The van der Waals surface area contributed by atoms with E-state index in [9.17, 15) is 10.0 Å². The number of hydrogen-bond acceptors (Lipinski definition) is 3. The molecule has 3 unspecified atom stereocenters. The lowest BCUT2D eigenvalue weighted by Crippen LogP contribution is -2.67. The summed E-state index contributed by atoms with van der Waals surface area (Å²) in [5.74, 6) is 1.30. The maximum absolute atomic E-state index is 12.9. The van der Waals surface area contributed by atoms with Crippen molar-refractivity contribution in [3.8, 4) is 0 Å². The van der Waals surface area contributed by atoms with Crippen LogP contribution in [0.4, 0.5) is 0 Å². The number of pyridine rings is 1. The van der Waals surface area contributed by atoms with Gasteiger partial charge in [-0.05, 0) is 44.1 Å². The molecule has 128 valence electrons. The van der Waals surface area contributed by atoms with Crippen LogP contribution in [-0.2, 0) is 9.53 Å². The molecular formula is C20H25NO3. The fraction of sp³-hybridized carbons (Fsp3) is 0.700. The quantitative estimate of drug-likeness (QED) is 0.588. The van der Waals surface area contributed by atoms with Gasteiger partial charge in [0.05, 0.1) is 23.0 Å². The molecule has 4 nitrogen and oxygen atoms in total. The Kier molecular flexibility index (Phi) is 2.85. The first-order valence-corrected chi connectivity index (χ1v) is 9.38. The molecule has 1 aromatic rings. The highest BCUT2D eigenvalue weighted by Gasteiger charge is 2.72. The van der Waals surface area contributed by atoms with Gasteiger partial charge in [-0.25, -0.2) is 0 Å². The molecule has 4 heteroatoms. The number of fused-ring (bicyclic) bond motifs is 1. The molecule has 5 fully saturated rings. The molecule has 2 aliphatic heterocycles. The highest BCUT2D eigenvalue weighted by Crippen LogP contribution is 2.68. The van der Waals surface area contributed by atoms with E-state index in [2.05, 4.69) is 6.92 Å². The average Bonchev–Trinajstić information content (AvgIpc) is 2.79. The Labute approximate surface area is 142 Å². The van der Waals surface area contributed by atoms with Crippen LogP contribution in [0, 0.1) is 29.9 Å². The average molecular weight is 327 g/mol. The molecule has 3 aliphatic carbocycles. The van der Waals surface area contributed by atoms with Crippen molar-refractivity contribution in [2.45, 2.75) is 69.5 Å². The maximum atomic E-state index is 12.9. The predicted molar refractivity (Wildman–Crippen MR) is 88.3 cm³/mol. The first-order chi connectivity index (χ1) is 11.5. The van der Waals surface area contributed by atoms with E-state index >= 15 is 0 Å². The summed E-state index contributed by atoms with van der Waals surface area (Å²) in [4.78, 5) is 12.9. The van der Waals surface area contributed by atoms with E-state index in [0.717, 1.165) is 29.7 Å². The molecule has 4 bridgehead atoms. The van der Waals surface area contributed by atoms with E-state index in [0.29, 0.717) is 29.7 Å². The summed E-state index contributed by atoms with van der Waals surface area (Å²) >= 11 is 0. The topological polar surface area (TPSA) is 53.2 Å². The van der Waals surface area contributed by atoms with Gasteiger partial charge in [0.2, 0.25) is 0 Å². The number of carbonyl (C=O) groups is 1. The Morgan fingerprint density at radius 3 is 3.00 bits per heavy atom. The van der Waals surface area contributed by atoms with Crippen LogP contribution < -0.4 is 4.73 Å². The summed E-state index contributed by atoms with van der Waals surface area (Å²) in [6.07, 6.45) is 6.13. The summed E-state index contributed by atoms with van der Waals surface area (Å²) in [7, 11) is 0. The summed E-state index contributed by atoms with van der Waals surface area (Å²) in [6, 6.07) is 5.73. The van der Waals surface area contributed by atoms with Crippen molar-refractivity contribution in [2.24, 2.45) is 17.8 Å². The van der Waals surface area contributed by atoms with Gasteiger partial charge in [-0.15, -0.1) is 0 Å². The monoisotopic (exact) mass is 327 g/mol. The van der Waals surface area contributed by atoms with Crippen molar-refractivity contribution in [3.05, 3.63) is 34.8 Å². The van der Waals surface area contributed by atoms with Gasteiger partial charge >= 0.3 is 0 Å². The number of rotatable bonds is 1. The SMILES string of the molecule is Cc1cccc([C@H]2C[C@H]3C4CCCCC45CC(=O)[C@H]3C2(C)O5)[n+]1[O-]. The minimum absolute atomic E-state index is 0.0204. The van der Waals surface area contributed by atoms with E-state index < -0.39 is 5.60 Å². The Morgan fingerprint density at radius 2 is 2.17 bits per heavy atom. The minimum atomic E-state index is -0.506. The molecule has 3 saturated carbocycles. The predicted octanol–water partition coefficient (Wildman–Crippen LogP) is 3.04. The van der Waals surface area contributed by atoms with Crippen molar-refractivity contribution >= 4 is 5.78 Å². The van der Waals surface area contributed by atoms with Crippen LogP contribution in [-0.4, -0.2) is 17.0 Å². The van der Waals surface area contributed by atoms with Gasteiger partial charge in [0, 0.05) is 25.5 Å². The largest absolute Gasteiger partial charge is 0.618 e. The van der Waals surface area contributed by atoms with Crippen LogP contribution in [0.25, 0.3) is 0 Å². The second kappa shape index (κ2) is 4.60. The Balaban J connectivity index is 1.65. The van der Waals surface area contributed by atoms with E-state index in [-0.39, 0.29) is 17.4 Å². The summed E-state index contributed by atoms with van der Waals surface area (Å²) in [5, 5.41) is 12.7.